The minimum absolute atomic E-state index is 0.00707. The van der Waals surface area contributed by atoms with Crippen LogP contribution in [-0.4, -0.2) is 103 Å². The van der Waals surface area contributed by atoms with E-state index in [4.69, 9.17) is 22.9 Å². The monoisotopic (exact) mass is 953 g/mol. The lowest BCUT2D eigenvalue weighted by atomic mass is 9.90. The van der Waals surface area contributed by atoms with Crippen LogP contribution in [0.25, 0.3) is 0 Å². The molecule has 0 aliphatic heterocycles. The summed E-state index contributed by atoms with van der Waals surface area (Å²) in [5.74, 6) is 0.604. The number of carbonyl (C=O) groups excluding carboxylic acids is 3. The van der Waals surface area contributed by atoms with Crippen LogP contribution < -0.4 is 0 Å². The number of ether oxygens (including phenoxy) is 2. The molecule has 0 radical (unpaired) electrons. The summed E-state index contributed by atoms with van der Waals surface area (Å²) in [5, 5.41) is 20.8. The van der Waals surface area contributed by atoms with Gasteiger partial charge in [0.15, 0.2) is 6.10 Å². The largest absolute Gasteiger partial charge is 0.472 e. The normalized spacial score (nSPS) is 18.6. The molecule has 3 N–H and O–H groups in total. The van der Waals surface area contributed by atoms with Crippen LogP contribution in [0.2, 0.25) is 0 Å². The first-order chi connectivity index (χ1) is 31.5. The van der Waals surface area contributed by atoms with Gasteiger partial charge in [-0.25, -0.2) is 4.57 Å². The first-order valence-electron chi connectivity index (χ1n) is 25.5. The van der Waals surface area contributed by atoms with Gasteiger partial charge >= 0.3 is 19.8 Å². The molecule has 1 saturated carbocycles. The van der Waals surface area contributed by atoms with Gasteiger partial charge in [-0.2, -0.15) is 0 Å². The molecule has 13 nitrogen and oxygen atoms in total. The van der Waals surface area contributed by atoms with Crippen LogP contribution in [0.4, 0.5) is 0 Å². The molecule has 1 aliphatic carbocycles. The van der Waals surface area contributed by atoms with Crippen molar-refractivity contribution >= 4 is 25.5 Å². The van der Waals surface area contributed by atoms with Crippen molar-refractivity contribution in [1.29, 1.82) is 0 Å². The van der Waals surface area contributed by atoms with Gasteiger partial charge in [-0.3, -0.25) is 23.4 Å². The summed E-state index contributed by atoms with van der Waals surface area (Å²) in [7, 11) is 1.30. The summed E-state index contributed by atoms with van der Waals surface area (Å²) < 4.78 is 40.6. The van der Waals surface area contributed by atoms with E-state index >= 15 is 0 Å². The molecule has 1 fully saturated rings. The number of nitrogens with zero attached hydrogens (tertiary/aromatic N) is 1. The minimum atomic E-state index is -4.47. The molecule has 0 saturated heterocycles. The van der Waals surface area contributed by atoms with Crippen molar-refractivity contribution in [2.75, 3.05) is 47.5 Å². The lowest BCUT2D eigenvalue weighted by molar-refractivity contribution is -0.870. The van der Waals surface area contributed by atoms with Crippen molar-refractivity contribution in [2.24, 2.45) is 11.8 Å². The molecule has 0 spiro atoms. The van der Waals surface area contributed by atoms with Crippen molar-refractivity contribution in [3.8, 4) is 0 Å². The number of phosphoric acid groups is 1. The summed E-state index contributed by atoms with van der Waals surface area (Å²) in [5.41, 5.74) is 2.67. The first kappa shape index (κ1) is 59.5. The predicted octanol–water partition coefficient (Wildman–Crippen LogP) is 10.9. The number of furan rings is 1. The second kappa shape index (κ2) is 33.8. The molecule has 1 heterocycles. The third kappa shape index (κ3) is 26.8. The van der Waals surface area contributed by atoms with Gasteiger partial charge in [-0.1, -0.05) is 122 Å². The fourth-order valence-corrected chi connectivity index (χ4v) is 8.92. The summed E-state index contributed by atoms with van der Waals surface area (Å²) in [4.78, 5) is 48.4. The number of aliphatic hydroxyl groups is 2. The van der Waals surface area contributed by atoms with Crippen molar-refractivity contribution in [2.45, 2.75) is 207 Å². The molecule has 1 unspecified atom stereocenters. The van der Waals surface area contributed by atoms with Crippen molar-refractivity contribution in [3.63, 3.8) is 0 Å². The van der Waals surface area contributed by atoms with Crippen LogP contribution in [0, 0.1) is 25.7 Å². The predicted molar refractivity (Wildman–Crippen MR) is 261 cm³/mol. The van der Waals surface area contributed by atoms with E-state index in [1.54, 1.807) is 12.2 Å². The maximum atomic E-state index is 12.9. The Morgan fingerprint density at radius 1 is 0.788 bits per heavy atom. The van der Waals surface area contributed by atoms with Gasteiger partial charge in [0.25, 0.3) is 0 Å². The molecule has 1 aromatic heterocycles. The van der Waals surface area contributed by atoms with Crippen LogP contribution >= 0.6 is 7.82 Å². The maximum Gasteiger partial charge on any atom is 0.472 e. The average molecular weight is 953 g/mol. The highest BCUT2D eigenvalue weighted by Crippen LogP contribution is 2.43. The van der Waals surface area contributed by atoms with Gasteiger partial charge in [0, 0.05) is 43.9 Å². The summed E-state index contributed by atoms with van der Waals surface area (Å²) in [6, 6.07) is 0. The standard InChI is InChI=1S/C52H90NO12P/c1-8-10-22-28-43(54)34-35-46-45(47(55)38-48(46)56)29-24-20-21-27-33-52(58)64-44(40-63-66(59,60)62-37-36-53(5,6)7)39-61-51(57)32-26-19-17-15-13-12-14-16-18-25-31-50-42(4)41(3)49(65-50)30-23-11-9-2/h20,24,34-35,43-46,48,54,56H,8-19,21-23,25-33,36-40H2,1-7H3/p+1/b24-20-,35-34+/t43-,44+,45+,46+,48+/m0/s1. The highest BCUT2D eigenvalue weighted by Gasteiger charge is 2.39. The Hall–Kier alpha value is -2.64. The number of carbonyl (C=O) groups is 3. The fraction of sp³-hybridized carbons (Fsp3) is 0.788. The number of hydrogen-bond acceptors (Lipinski definition) is 11. The van der Waals surface area contributed by atoms with Crippen LogP contribution in [0.3, 0.4) is 0 Å². The number of aryl methyl sites for hydroxylation is 2. The van der Waals surface area contributed by atoms with E-state index in [1.807, 2.05) is 33.3 Å². The molecule has 0 amide bonds. The SMILES string of the molecule is CCCCCc1oc(CCCCCCCCCCCCC(=O)OC[C@H](COP(=O)(O)OCC[N+](C)(C)C)OC(=O)CCC/C=C\C[C@H]2C(=O)C[C@@H](O)[C@@H]2/C=C/[C@@H](O)CCCCC)c(C)c1C. The topological polar surface area (TPSA) is 179 Å². The first-order valence-corrected chi connectivity index (χ1v) is 27.0. The van der Waals surface area contributed by atoms with E-state index in [9.17, 15) is 34.1 Å². The van der Waals surface area contributed by atoms with Crippen molar-refractivity contribution < 1.29 is 61.5 Å². The molecule has 66 heavy (non-hydrogen) atoms. The van der Waals surface area contributed by atoms with Gasteiger partial charge in [0.2, 0.25) is 0 Å². The Bertz CT molecular complexity index is 1620. The zero-order valence-corrected chi connectivity index (χ0v) is 43.0. The number of hydrogen-bond donors (Lipinski definition) is 3. The van der Waals surface area contributed by atoms with Gasteiger partial charge in [-0.15, -0.1) is 0 Å². The molecule has 0 aromatic carbocycles. The van der Waals surface area contributed by atoms with E-state index in [1.165, 1.54) is 74.0 Å². The third-order valence-corrected chi connectivity index (χ3v) is 13.5. The number of quaternary nitrogens is 1. The number of likely N-dealkylation sites (N-methyl/N-ethyl adjacent to an activating group) is 1. The number of rotatable bonds is 39. The molecular formula is C52H91NO12P+. The minimum Gasteiger partial charge on any atom is -0.466 e. The molecular weight excluding hydrogens is 862 g/mol. The number of esters is 2. The smallest absolute Gasteiger partial charge is 0.466 e. The molecule has 1 aromatic rings. The quantitative estimate of drug-likeness (QED) is 0.0187. The van der Waals surface area contributed by atoms with Gasteiger partial charge in [0.1, 0.15) is 37.1 Å². The Kier molecular flexibility index (Phi) is 30.5. The van der Waals surface area contributed by atoms with Crippen LogP contribution in [0.5, 0.6) is 0 Å². The van der Waals surface area contributed by atoms with Crippen molar-refractivity contribution in [1.82, 2.24) is 0 Å². The Labute approximate surface area is 398 Å². The van der Waals surface area contributed by atoms with E-state index in [0.717, 1.165) is 57.8 Å². The number of phosphoric ester groups is 1. The van der Waals surface area contributed by atoms with Crippen LogP contribution in [0.15, 0.2) is 28.7 Å². The van der Waals surface area contributed by atoms with E-state index < -0.39 is 44.7 Å². The highest BCUT2D eigenvalue weighted by molar-refractivity contribution is 7.47. The highest BCUT2D eigenvalue weighted by atomic mass is 31.2. The molecule has 14 heteroatoms. The van der Waals surface area contributed by atoms with Gasteiger partial charge < -0.3 is 33.5 Å². The lowest BCUT2D eigenvalue weighted by Crippen LogP contribution is -2.37. The van der Waals surface area contributed by atoms with Gasteiger partial charge in [-0.05, 0) is 69.9 Å². The molecule has 2 rings (SSSR count). The summed E-state index contributed by atoms with van der Waals surface area (Å²) in [6.07, 6.45) is 26.9. The van der Waals surface area contributed by atoms with E-state index in [2.05, 4.69) is 27.7 Å². The Morgan fingerprint density at radius 2 is 1.36 bits per heavy atom. The van der Waals surface area contributed by atoms with Gasteiger partial charge in [0.05, 0.1) is 40.0 Å². The molecule has 6 atom stereocenters. The third-order valence-electron chi connectivity index (χ3n) is 12.6. The van der Waals surface area contributed by atoms with Crippen LogP contribution in [0.1, 0.15) is 184 Å². The summed E-state index contributed by atoms with van der Waals surface area (Å²) >= 11 is 0. The van der Waals surface area contributed by atoms with E-state index in [-0.39, 0.29) is 50.1 Å². The zero-order valence-electron chi connectivity index (χ0n) is 42.1. The number of unbranched alkanes of at least 4 members (excludes halogenated alkanes) is 14. The number of Topliss-reactive ketones (excluding diaryl/α,β-unsaturated/α-hetero) is 1. The Morgan fingerprint density at radius 3 is 1.98 bits per heavy atom. The maximum absolute atomic E-state index is 12.9. The van der Waals surface area contributed by atoms with Crippen molar-refractivity contribution in [3.05, 3.63) is 47.0 Å². The lowest BCUT2D eigenvalue weighted by Gasteiger charge is -2.24. The molecule has 380 valence electrons. The number of allylic oxidation sites excluding steroid dienone is 2. The van der Waals surface area contributed by atoms with E-state index in [0.29, 0.717) is 43.1 Å². The molecule has 0 bridgehead atoms. The zero-order chi connectivity index (χ0) is 48.8. The second-order valence-corrected chi connectivity index (χ2v) is 21.0. The molecule has 1 aliphatic rings. The number of aliphatic hydroxyl groups excluding tert-OH is 2. The Balaban J connectivity index is 1.71. The second-order valence-electron chi connectivity index (χ2n) is 19.6. The summed E-state index contributed by atoms with van der Waals surface area (Å²) in [6.45, 7) is 8.34. The number of ketones is 1. The van der Waals surface area contributed by atoms with Crippen LogP contribution in [-0.2, 0) is 50.3 Å². The fourth-order valence-electron chi connectivity index (χ4n) is 8.17. The average Bonchev–Trinajstić information content (AvgIpc) is 3.68.